The van der Waals surface area contributed by atoms with Gasteiger partial charge in [-0.25, -0.2) is 0 Å². The number of alkyl halides is 1. The zero-order valence-electron chi connectivity index (χ0n) is 8.38. The summed E-state index contributed by atoms with van der Waals surface area (Å²) < 4.78 is 0. The van der Waals surface area contributed by atoms with Crippen LogP contribution in [0.15, 0.2) is 24.3 Å². The molecule has 1 aromatic rings. The minimum Gasteiger partial charge on any atom is -0.371 e. The van der Waals surface area contributed by atoms with Gasteiger partial charge in [-0.2, -0.15) is 0 Å². The first-order valence-corrected chi connectivity index (χ1v) is 5.84. The fourth-order valence-corrected chi connectivity index (χ4v) is 2.29. The highest BCUT2D eigenvalue weighted by atomic mass is 35.5. The summed E-state index contributed by atoms with van der Waals surface area (Å²) in [6.07, 6.45) is 4.01. The van der Waals surface area contributed by atoms with E-state index in [4.69, 9.17) is 11.6 Å². The molecule has 2 rings (SSSR count). The second kappa shape index (κ2) is 4.70. The summed E-state index contributed by atoms with van der Waals surface area (Å²) in [4.78, 5) is 2.46. The Morgan fingerprint density at radius 2 is 1.79 bits per heavy atom. The number of hydrogen-bond donors (Lipinski definition) is 0. The molecule has 0 atom stereocenters. The van der Waals surface area contributed by atoms with Gasteiger partial charge in [0.2, 0.25) is 0 Å². The molecular weight excluding hydrogens is 194 g/mol. The van der Waals surface area contributed by atoms with Crippen LogP contribution < -0.4 is 4.90 Å². The van der Waals surface area contributed by atoms with Crippen LogP contribution in [0.3, 0.4) is 0 Å². The molecule has 0 N–H and O–H groups in total. The predicted molar refractivity (Wildman–Crippen MR) is 62.1 cm³/mol. The van der Waals surface area contributed by atoms with Crippen molar-refractivity contribution in [3.05, 3.63) is 29.8 Å². The van der Waals surface area contributed by atoms with Crippen LogP contribution in [0.25, 0.3) is 0 Å². The zero-order chi connectivity index (χ0) is 9.80. The van der Waals surface area contributed by atoms with Gasteiger partial charge in [-0.15, -0.1) is 11.6 Å². The van der Waals surface area contributed by atoms with Crippen molar-refractivity contribution < 1.29 is 0 Å². The van der Waals surface area contributed by atoms with E-state index in [2.05, 4.69) is 29.2 Å². The maximum absolute atomic E-state index is 5.92. The summed E-state index contributed by atoms with van der Waals surface area (Å²) in [6, 6.07) is 8.46. The third-order valence-corrected chi connectivity index (χ3v) is 3.12. The number of anilines is 1. The highest BCUT2D eigenvalue weighted by Crippen LogP contribution is 2.24. The van der Waals surface area contributed by atoms with E-state index in [-0.39, 0.29) is 0 Å². The van der Waals surface area contributed by atoms with E-state index in [0.717, 1.165) is 0 Å². The second-order valence-electron chi connectivity index (χ2n) is 3.81. The topological polar surface area (TPSA) is 3.24 Å². The van der Waals surface area contributed by atoms with Crippen LogP contribution in [0.5, 0.6) is 0 Å². The van der Waals surface area contributed by atoms with Crippen molar-refractivity contribution in [2.45, 2.75) is 25.1 Å². The Labute approximate surface area is 90.7 Å². The summed E-state index contributed by atoms with van der Waals surface area (Å²) in [5.41, 5.74) is 2.60. The molecule has 1 aromatic carbocycles. The van der Waals surface area contributed by atoms with Gasteiger partial charge < -0.3 is 4.90 Å². The van der Waals surface area contributed by atoms with Crippen molar-refractivity contribution in [2.75, 3.05) is 18.0 Å². The lowest BCUT2D eigenvalue weighted by Gasteiger charge is -2.30. The largest absolute Gasteiger partial charge is 0.371 e. The zero-order valence-corrected chi connectivity index (χ0v) is 9.13. The predicted octanol–water partition coefficient (Wildman–Crippen LogP) is 3.42. The first-order chi connectivity index (χ1) is 6.92. The van der Waals surface area contributed by atoms with E-state index in [0.29, 0.717) is 5.88 Å². The lowest BCUT2D eigenvalue weighted by Crippen LogP contribution is -2.30. The van der Waals surface area contributed by atoms with Crippen LogP contribution in [-0.2, 0) is 5.88 Å². The lowest BCUT2D eigenvalue weighted by atomic mass is 10.1. The van der Waals surface area contributed by atoms with Gasteiger partial charge in [0, 0.05) is 24.7 Å². The number of para-hydroxylation sites is 1. The lowest BCUT2D eigenvalue weighted by molar-refractivity contribution is 0.577. The van der Waals surface area contributed by atoms with Crippen molar-refractivity contribution >= 4 is 17.3 Å². The van der Waals surface area contributed by atoms with Gasteiger partial charge in [0.25, 0.3) is 0 Å². The first-order valence-electron chi connectivity index (χ1n) is 5.30. The number of nitrogens with zero attached hydrogens (tertiary/aromatic N) is 1. The molecule has 0 radical (unpaired) electrons. The Hall–Kier alpha value is -0.690. The van der Waals surface area contributed by atoms with Crippen molar-refractivity contribution in [2.24, 2.45) is 0 Å². The maximum atomic E-state index is 5.92. The van der Waals surface area contributed by atoms with Gasteiger partial charge >= 0.3 is 0 Å². The SMILES string of the molecule is ClCc1ccccc1N1CCCCC1. The van der Waals surface area contributed by atoms with Gasteiger partial charge in [0.05, 0.1) is 0 Å². The highest BCUT2D eigenvalue weighted by molar-refractivity contribution is 6.17. The normalized spacial score (nSPS) is 17.1. The van der Waals surface area contributed by atoms with Crippen LogP contribution in [0, 0.1) is 0 Å². The summed E-state index contributed by atoms with van der Waals surface area (Å²) in [7, 11) is 0. The molecule has 1 aliphatic heterocycles. The molecule has 1 heterocycles. The second-order valence-corrected chi connectivity index (χ2v) is 4.08. The summed E-state index contributed by atoms with van der Waals surface area (Å²) in [5, 5.41) is 0. The van der Waals surface area contributed by atoms with Gasteiger partial charge in [0.1, 0.15) is 0 Å². The molecule has 76 valence electrons. The molecule has 1 fully saturated rings. The molecule has 1 nitrogen and oxygen atoms in total. The third kappa shape index (κ3) is 2.03. The number of piperidine rings is 1. The molecule has 1 saturated heterocycles. The minimum absolute atomic E-state index is 0.618. The molecule has 0 unspecified atom stereocenters. The van der Waals surface area contributed by atoms with Crippen molar-refractivity contribution in [3.8, 4) is 0 Å². The van der Waals surface area contributed by atoms with Crippen molar-refractivity contribution in [1.82, 2.24) is 0 Å². The number of rotatable bonds is 2. The van der Waals surface area contributed by atoms with Crippen LogP contribution >= 0.6 is 11.6 Å². The van der Waals surface area contributed by atoms with Gasteiger partial charge in [0.15, 0.2) is 0 Å². The maximum Gasteiger partial charge on any atom is 0.0494 e. The summed E-state index contributed by atoms with van der Waals surface area (Å²) >= 11 is 5.92. The molecule has 0 aromatic heterocycles. The molecule has 0 amide bonds. The smallest absolute Gasteiger partial charge is 0.0494 e. The monoisotopic (exact) mass is 209 g/mol. The van der Waals surface area contributed by atoms with Crippen LogP contribution in [0.4, 0.5) is 5.69 Å². The standard InChI is InChI=1S/C12H16ClN/c13-10-11-6-2-3-7-12(11)14-8-4-1-5-9-14/h2-3,6-7H,1,4-5,8-10H2. The van der Waals surface area contributed by atoms with E-state index in [1.54, 1.807) is 0 Å². The fraction of sp³-hybridized carbons (Fsp3) is 0.500. The van der Waals surface area contributed by atoms with Gasteiger partial charge in [-0.3, -0.25) is 0 Å². The average Bonchev–Trinajstić information content (AvgIpc) is 2.30. The van der Waals surface area contributed by atoms with E-state index in [9.17, 15) is 0 Å². The van der Waals surface area contributed by atoms with Crippen molar-refractivity contribution in [3.63, 3.8) is 0 Å². The molecule has 1 aliphatic rings. The van der Waals surface area contributed by atoms with Crippen LogP contribution in [0.1, 0.15) is 24.8 Å². The Bertz CT molecular complexity index is 292. The summed E-state index contributed by atoms with van der Waals surface area (Å²) in [6.45, 7) is 2.38. The van der Waals surface area contributed by atoms with Crippen LogP contribution in [-0.4, -0.2) is 13.1 Å². The molecule has 14 heavy (non-hydrogen) atoms. The van der Waals surface area contributed by atoms with E-state index in [1.165, 1.54) is 43.6 Å². The molecule has 0 saturated carbocycles. The van der Waals surface area contributed by atoms with Gasteiger partial charge in [-0.1, -0.05) is 18.2 Å². The van der Waals surface area contributed by atoms with Crippen molar-refractivity contribution in [1.29, 1.82) is 0 Å². The Balaban J connectivity index is 2.20. The van der Waals surface area contributed by atoms with E-state index >= 15 is 0 Å². The average molecular weight is 210 g/mol. The molecule has 2 heteroatoms. The van der Waals surface area contributed by atoms with E-state index < -0.39 is 0 Å². The van der Waals surface area contributed by atoms with E-state index in [1.807, 2.05) is 0 Å². The molecule has 0 spiro atoms. The Morgan fingerprint density at radius 3 is 2.50 bits per heavy atom. The highest BCUT2D eigenvalue weighted by Gasteiger charge is 2.12. The third-order valence-electron chi connectivity index (χ3n) is 2.83. The Morgan fingerprint density at radius 1 is 1.07 bits per heavy atom. The quantitative estimate of drug-likeness (QED) is 0.675. The minimum atomic E-state index is 0.618. The number of benzene rings is 1. The molecule has 0 aliphatic carbocycles. The Kier molecular flexibility index (Phi) is 3.30. The molecular formula is C12H16ClN. The number of halogens is 1. The molecule has 0 bridgehead atoms. The first kappa shape index (κ1) is 9.85. The fourth-order valence-electron chi connectivity index (χ4n) is 2.07. The summed E-state index contributed by atoms with van der Waals surface area (Å²) in [5.74, 6) is 0.618. The number of hydrogen-bond acceptors (Lipinski definition) is 1. The van der Waals surface area contributed by atoms with Gasteiger partial charge in [-0.05, 0) is 30.9 Å². The van der Waals surface area contributed by atoms with Crippen LogP contribution in [0.2, 0.25) is 0 Å².